The molecule has 0 amide bonds. The lowest BCUT2D eigenvalue weighted by atomic mass is 9.95. The van der Waals surface area contributed by atoms with Gasteiger partial charge < -0.3 is 4.79 Å². The third-order valence-electron chi connectivity index (χ3n) is 2.16. The molecule has 3 nitrogen and oxygen atoms in total. The van der Waals surface area contributed by atoms with Crippen LogP contribution in [0.4, 0.5) is 0 Å². The number of carbonyl (C=O) groups is 1. The van der Waals surface area contributed by atoms with Crippen LogP contribution in [-0.2, 0) is 11.2 Å². The molecule has 15 heavy (non-hydrogen) atoms. The van der Waals surface area contributed by atoms with Crippen molar-refractivity contribution in [1.29, 1.82) is 10.5 Å². The molecule has 1 atom stereocenters. The summed E-state index contributed by atoms with van der Waals surface area (Å²) in [6.45, 7) is 1.78. The van der Waals surface area contributed by atoms with E-state index in [0.29, 0.717) is 17.5 Å². The van der Waals surface area contributed by atoms with Crippen LogP contribution in [-0.4, -0.2) is 6.29 Å². The second-order valence-corrected chi connectivity index (χ2v) is 3.38. The molecule has 0 saturated carbocycles. The minimum Gasteiger partial charge on any atom is -0.303 e. The Morgan fingerprint density at radius 3 is 2.67 bits per heavy atom. The van der Waals surface area contributed by atoms with E-state index < -0.39 is 0 Å². The third kappa shape index (κ3) is 2.42. The van der Waals surface area contributed by atoms with Crippen LogP contribution < -0.4 is 0 Å². The minimum atomic E-state index is -0.133. The topological polar surface area (TPSA) is 64.7 Å². The third-order valence-corrected chi connectivity index (χ3v) is 2.16. The number of hydrogen-bond donors (Lipinski definition) is 0. The fourth-order valence-electron chi connectivity index (χ4n) is 1.39. The van der Waals surface area contributed by atoms with E-state index in [0.717, 1.165) is 11.8 Å². The molecule has 1 unspecified atom stereocenters. The van der Waals surface area contributed by atoms with E-state index in [1.54, 1.807) is 25.1 Å². The van der Waals surface area contributed by atoms with Crippen molar-refractivity contribution in [3.05, 3.63) is 34.9 Å². The number of nitrogens with zero attached hydrogens (tertiary/aromatic N) is 2. The molecule has 0 saturated heterocycles. The van der Waals surface area contributed by atoms with Crippen LogP contribution in [0.3, 0.4) is 0 Å². The molecule has 1 aromatic carbocycles. The highest BCUT2D eigenvalue weighted by molar-refractivity contribution is 5.56. The summed E-state index contributed by atoms with van der Waals surface area (Å²) in [7, 11) is 0. The van der Waals surface area contributed by atoms with Crippen LogP contribution in [0.1, 0.15) is 23.6 Å². The van der Waals surface area contributed by atoms with Crippen molar-refractivity contribution in [2.24, 2.45) is 5.92 Å². The van der Waals surface area contributed by atoms with Crippen molar-refractivity contribution in [1.82, 2.24) is 0 Å². The number of benzene rings is 1. The maximum atomic E-state index is 10.5. The van der Waals surface area contributed by atoms with Gasteiger partial charge >= 0.3 is 0 Å². The number of aldehydes is 1. The largest absolute Gasteiger partial charge is 0.303 e. The van der Waals surface area contributed by atoms with Crippen LogP contribution in [0.25, 0.3) is 0 Å². The van der Waals surface area contributed by atoms with Gasteiger partial charge in [0.25, 0.3) is 0 Å². The zero-order valence-corrected chi connectivity index (χ0v) is 8.40. The molecule has 0 bridgehead atoms. The number of hydrogen-bond acceptors (Lipinski definition) is 3. The predicted octanol–water partition coefficient (Wildman–Crippen LogP) is 1.81. The molecule has 0 aliphatic heterocycles. The summed E-state index contributed by atoms with van der Waals surface area (Å²) in [5, 5.41) is 17.7. The first-order valence-corrected chi connectivity index (χ1v) is 4.60. The molecule has 3 heteroatoms. The monoisotopic (exact) mass is 198 g/mol. The van der Waals surface area contributed by atoms with Gasteiger partial charge in [-0.25, -0.2) is 0 Å². The quantitative estimate of drug-likeness (QED) is 0.695. The minimum absolute atomic E-state index is 0.133. The van der Waals surface area contributed by atoms with Gasteiger partial charge in [-0.2, -0.15) is 10.5 Å². The predicted molar refractivity (Wildman–Crippen MR) is 54.8 cm³/mol. The molecule has 1 aromatic rings. The Bertz CT molecular complexity index is 452. The zero-order chi connectivity index (χ0) is 11.3. The Morgan fingerprint density at radius 2 is 2.13 bits per heavy atom. The van der Waals surface area contributed by atoms with Gasteiger partial charge in [-0.05, 0) is 18.1 Å². The van der Waals surface area contributed by atoms with Crippen molar-refractivity contribution >= 4 is 6.29 Å². The summed E-state index contributed by atoms with van der Waals surface area (Å²) < 4.78 is 0. The SMILES string of the molecule is CC(C=O)Cc1cccc(C#N)c1C#N. The highest BCUT2D eigenvalue weighted by Crippen LogP contribution is 2.16. The van der Waals surface area contributed by atoms with Crippen LogP contribution in [0.2, 0.25) is 0 Å². The van der Waals surface area contributed by atoms with Gasteiger partial charge in [-0.3, -0.25) is 0 Å². The maximum Gasteiger partial charge on any atom is 0.123 e. The molecule has 0 N–H and O–H groups in total. The number of carbonyl (C=O) groups excluding carboxylic acids is 1. The summed E-state index contributed by atoms with van der Waals surface area (Å²) in [5.41, 5.74) is 1.51. The molecule has 74 valence electrons. The molecule has 0 radical (unpaired) electrons. The Balaban J connectivity index is 3.15. The van der Waals surface area contributed by atoms with E-state index >= 15 is 0 Å². The maximum absolute atomic E-state index is 10.5. The first kappa shape index (κ1) is 10.9. The average Bonchev–Trinajstić information content (AvgIpc) is 2.28. The average molecular weight is 198 g/mol. The summed E-state index contributed by atoms with van der Waals surface area (Å²) >= 11 is 0. The lowest BCUT2D eigenvalue weighted by Crippen LogP contribution is -2.03. The molecule has 0 spiro atoms. The second-order valence-electron chi connectivity index (χ2n) is 3.38. The van der Waals surface area contributed by atoms with Gasteiger partial charge in [-0.1, -0.05) is 19.1 Å². The first-order valence-electron chi connectivity index (χ1n) is 4.60. The molecule has 0 aromatic heterocycles. The molecule has 0 heterocycles. The van der Waals surface area contributed by atoms with Crippen LogP contribution in [0.15, 0.2) is 18.2 Å². The van der Waals surface area contributed by atoms with Crippen LogP contribution in [0, 0.1) is 28.6 Å². The summed E-state index contributed by atoms with van der Waals surface area (Å²) in [4.78, 5) is 10.5. The van der Waals surface area contributed by atoms with E-state index in [-0.39, 0.29) is 5.92 Å². The Morgan fingerprint density at radius 1 is 1.40 bits per heavy atom. The number of rotatable bonds is 3. The standard InChI is InChI=1S/C12H10N2O/c1-9(8-15)5-10-3-2-4-11(6-13)12(10)7-14/h2-4,8-9H,5H2,1H3. The highest BCUT2D eigenvalue weighted by atomic mass is 16.1. The lowest BCUT2D eigenvalue weighted by Gasteiger charge is -2.06. The smallest absolute Gasteiger partial charge is 0.123 e. The molecule has 0 fully saturated rings. The van der Waals surface area contributed by atoms with Crippen LogP contribution in [0.5, 0.6) is 0 Å². The van der Waals surface area contributed by atoms with E-state index in [1.807, 2.05) is 12.1 Å². The van der Waals surface area contributed by atoms with Crippen molar-refractivity contribution in [2.45, 2.75) is 13.3 Å². The molecule has 1 rings (SSSR count). The Labute approximate surface area is 88.6 Å². The van der Waals surface area contributed by atoms with Gasteiger partial charge in [0, 0.05) is 5.92 Å². The van der Waals surface area contributed by atoms with Gasteiger partial charge in [0.1, 0.15) is 18.4 Å². The molecular formula is C12H10N2O. The van der Waals surface area contributed by atoms with E-state index in [4.69, 9.17) is 10.5 Å². The molecular weight excluding hydrogens is 188 g/mol. The van der Waals surface area contributed by atoms with Crippen molar-refractivity contribution in [2.75, 3.05) is 0 Å². The first-order chi connectivity index (χ1) is 7.22. The number of nitriles is 2. The van der Waals surface area contributed by atoms with Crippen molar-refractivity contribution in [3.63, 3.8) is 0 Å². The van der Waals surface area contributed by atoms with Gasteiger partial charge in [0.05, 0.1) is 11.1 Å². The highest BCUT2D eigenvalue weighted by Gasteiger charge is 2.10. The van der Waals surface area contributed by atoms with E-state index in [1.165, 1.54) is 0 Å². The second kappa shape index (κ2) is 4.93. The van der Waals surface area contributed by atoms with Crippen molar-refractivity contribution < 1.29 is 4.79 Å². The Kier molecular flexibility index (Phi) is 3.60. The van der Waals surface area contributed by atoms with Crippen molar-refractivity contribution in [3.8, 4) is 12.1 Å². The van der Waals surface area contributed by atoms with Gasteiger partial charge in [-0.15, -0.1) is 0 Å². The van der Waals surface area contributed by atoms with Crippen LogP contribution >= 0.6 is 0 Å². The fraction of sp³-hybridized carbons (Fsp3) is 0.250. The summed E-state index contributed by atoms with van der Waals surface area (Å²) in [6, 6.07) is 9.08. The van der Waals surface area contributed by atoms with Gasteiger partial charge in [0.2, 0.25) is 0 Å². The van der Waals surface area contributed by atoms with E-state index in [2.05, 4.69) is 0 Å². The summed E-state index contributed by atoms with van der Waals surface area (Å²) in [6.07, 6.45) is 1.35. The molecule has 0 aliphatic rings. The fourth-order valence-corrected chi connectivity index (χ4v) is 1.39. The molecule has 0 aliphatic carbocycles. The normalized spacial score (nSPS) is 11.1. The Hall–Kier alpha value is -2.13. The van der Waals surface area contributed by atoms with E-state index in [9.17, 15) is 4.79 Å². The van der Waals surface area contributed by atoms with Gasteiger partial charge in [0.15, 0.2) is 0 Å². The summed E-state index contributed by atoms with van der Waals surface area (Å²) in [5.74, 6) is -0.133. The lowest BCUT2D eigenvalue weighted by molar-refractivity contribution is -0.110. The zero-order valence-electron chi connectivity index (χ0n) is 8.40.